The molecule has 17 heavy (non-hydrogen) atoms. The molecule has 1 saturated heterocycles. The Kier molecular flexibility index (Phi) is 2.65. The van der Waals surface area contributed by atoms with E-state index >= 15 is 0 Å². The first-order valence-corrected chi connectivity index (χ1v) is 6.07. The van der Waals surface area contributed by atoms with Gasteiger partial charge in [-0.15, -0.1) is 0 Å². The van der Waals surface area contributed by atoms with E-state index in [0.29, 0.717) is 11.7 Å². The molecule has 1 aromatic carbocycles. The first-order valence-electron chi connectivity index (χ1n) is 6.07. The molecule has 3 N–H and O–H groups in total. The second-order valence-electron chi connectivity index (χ2n) is 4.51. The minimum absolute atomic E-state index is 0.447. The predicted molar refractivity (Wildman–Crippen MR) is 68.8 cm³/mol. The summed E-state index contributed by atoms with van der Waals surface area (Å²) in [5, 5.41) is 4.30. The first kappa shape index (κ1) is 10.5. The van der Waals surface area contributed by atoms with Crippen LogP contribution in [0.1, 0.15) is 24.6 Å². The van der Waals surface area contributed by atoms with E-state index in [4.69, 9.17) is 5.73 Å². The molecule has 0 atom stereocenters. The third kappa shape index (κ3) is 1.96. The van der Waals surface area contributed by atoms with Gasteiger partial charge in [0.1, 0.15) is 11.6 Å². The summed E-state index contributed by atoms with van der Waals surface area (Å²) in [6.45, 7) is 2.08. The van der Waals surface area contributed by atoms with Crippen LogP contribution in [0.3, 0.4) is 0 Å². The van der Waals surface area contributed by atoms with E-state index < -0.39 is 0 Å². The Bertz CT molecular complexity index is 532. The van der Waals surface area contributed by atoms with Gasteiger partial charge in [0.25, 0.3) is 0 Å². The molecular formula is C13H16N4. The molecule has 0 spiro atoms. The standard InChI is InChI=1S/C13H16N4/c14-12-10-3-1-2-4-11(10)16-13(17-12)9-5-7-15-8-6-9/h1-4,9,15H,5-8H2,(H2,14,16,17). The number of piperidine rings is 1. The van der Waals surface area contributed by atoms with Crippen molar-refractivity contribution in [1.29, 1.82) is 0 Å². The maximum Gasteiger partial charge on any atom is 0.135 e. The average Bonchev–Trinajstić information content (AvgIpc) is 2.40. The van der Waals surface area contributed by atoms with Crippen LogP contribution in [0.5, 0.6) is 0 Å². The molecule has 0 unspecified atom stereocenters. The maximum atomic E-state index is 6.00. The SMILES string of the molecule is Nc1nc(C2CCNCC2)nc2ccccc12. The van der Waals surface area contributed by atoms with Crippen molar-refractivity contribution in [3.05, 3.63) is 30.1 Å². The van der Waals surface area contributed by atoms with Crippen LogP contribution in [0.15, 0.2) is 24.3 Å². The largest absolute Gasteiger partial charge is 0.383 e. The minimum Gasteiger partial charge on any atom is -0.383 e. The van der Waals surface area contributed by atoms with Gasteiger partial charge in [-0.3, -0.25) is 0 Å². The summed E-state index contributed by atoms with van der Waals surface area (Å²) in [5.74, 6) is 1.95. The van der Waals surface area contributed by atoms with Gasteiger partial charge in [-0.2, -0.15) is 0 Å². The van der Waals surface area contributed by atoms with Crippen molar-refractivity contribution in [3.8, 4) is 0 Å². The zero-order valence-corrected chi connectivity index (χ0v) is 9.69. The molecule has 0 bridgehead atoms. The van der Waals surface area contributed by atoms with Crippen LogP contribution in [0, 0.1) is 0 Å². The van der Waals surface area contributed by atoms with Crippen LogP contribution in [0.2, 0.25) is 0 Å². The normalized spacial score (nSPS) is 17.4. The Balaban J connectivity index is 2.05. The number of nitrogens with one attached hydrogen (secondary N) is 1. The minimum atomic E-state index is 0.447. The zero-order valence-electron chi connectivity index (χ0n) is 9.69. The molecular weight excluding hydrogens is 212 g/mol. The zero-order chi connectivity index (χ0) is 11.7. The molecule has 3 rings (SSSR count). The van der Waals surface area contributed by atoms with Gasteiger partial charge in [0.05, 0.1) is 5.52 Å². The van der Waals surface area contributed by atoms with Gasteiger partial charge in [0.15, 0.2) is 0 Å². The molecule has 2 aromatic rings. The maximum absolute atomic E-state index is 6.00. The number of nitrogens with two attached hydrogens (primary N) is 1. The molecule has 0 aliphatic carbocycles. The van der Waals surface area contributed by atoms with Gasteiger partial charge in [-0.1, -0.05) is 12.1 Å². The number of nitrogens with zero attached hydrogens (tertiary/aromatic N) is 2. The van der Waals surface area contributed by atoms with Crippen LogP contribution >= 0.6 is 0 Å². The first-order chi connectivity index (χ1) is 8.34. The van der Waals surface area contributed by atoms with Crippen LogP contribution in [-0.4, -0.2) is 23.1 Å². The lowest BCUT2D eigenvalue weighted by Gasteiger charge is -2.21. The number of hydrogen-bond acceptors (Lipinski definition) is 4. The number of nitrogen functional groups attached to an aromatic ring is 1. The van der Waals surface area contributed by atoms with Crippen molar-refractivity contribution in [2.24, 2.45) is 0 Å². The van der Waals surface area contributed by atoms with Gasteiger partial charge >= 0.3 is 0 Å². The fourth-order valence-electron chi connectivity index (χ4n) is 2.38. The molecule has 4 nitrogen and oxygen atoms in total. The van der Waals surface area contributed by atoms with Gasteiger partial charge in [-0.25, -0.2) is 9.97 Å². The predicted octanol–water partition coefficient (Wildman–Crippen LogP) is 1.68. The lowest BCUT2D eigenvalue weighted by Crippen LogP contribution is -2.27. The Morgan fingerprint density at radius 3 is 2.71 bits per heavy atom. The highest BCUT2D eigenvalue weighted by molar-refractivity contribution is 5.87. The van der Waals surface area contributed by atoms with Crippen LogP contribution in [0.4, 0.5) is 5.82 Å². The van der Waals surface area contributed by atoms with E-state index in [0.717, 1.165) is 42.7 Å². The van der Waals surface area contributed by atoms with Crippen molar-refractivity contribution in [2.45, 2.75) is 18.8 Å². The van der Waals surface area contributed by atoms with Gasteiger partial charge < -0.3 is 11.1 Å². The molecule has 1 aromatic heterocycles. The van der Waals surface area contributed by atoms with E-state index in [9.17, 15) is 0 Å². The van der Waals surface area contributed by atoms with E-state index in [1.165, 1.54) is 0 Å². The molecule has 88 valence electrons. The van der Waals surface area contributed by atoms with E-state index in [-0.39, 0.29) is 0 Å². The number of hydrogen-bond donors (Lipinski definition) is 2. The molecule has 0 radical (unpaired) electrons. The van der Waals surface area contributed by atoms with Gasteiger partial charge in [-0.05, 0) is 38.1 Å². The fourth-order valence-corrected chi connectivity index (χ4v) is 2.38. The van der Waals surface area contributed by atoms with E-state index in [1.807, 2.05) is 24.3 Å². The fraction of sp³-hybridized carbons (Fsp3) is 0.385. The summed E-state index contributed by atoms with van der Waals surface area (Å²) in [6, 6.07) is 7.92. The molecule has 1 aliphatic rings. The Hall–Kier alpha value is -1.68. The monoisotopic (exact) mass is 228 g/mol. The van der Waals surface area contributed by atoms with E-state index in [2.05, 4.69) is 15.3 Å². The number of aromatic nitrogens is 2. The Labute approximate surface area is 100 Å². The summed E-state index contributed by atoms with van der Waals surface area (Å²) in [6.07, 6.45) is 2.19. The Morgan fingerprint density at radius 2 is 1.88 bits per heavy atom. The number of rotatable bonds is 1. The molecule has 2 heterocycles. The summed E-state index contributed by atoms with van der Waals surface area (Å²) < 4.78 is 0. The highest BCUT2D eigenvalue weighted by atomic mass is 15.0. The average molecular weight is 228 g/mol. The third-order valence-corrected chi connectivity index (χ3v) is 3.35. The van der Waals surface area contributed by atoms with Crippen LogP contribution < -0.4 is 11.1 Å². The molecule has 4 heteroatoms. The number of anilines is 1. The highest BCUT2D eigenvalue weighted by Gasteiger charge is 2.18. The Morgan fingerprint density at radius 1 is 1.12 bits per heavy atom. The van der Waals surface area contributed by atoms with Crippen molar-refractivity contribution >= 4 is 16.7 Å². The quantitative estimate of drug-likeness (QED) is 0.779. The third-order valence-electron chi connectivity index (χ3n) is 3.35. The highest BCUT2D eigenvalue weighted by Crippen LogP contribution is 2.25. The number of benzene rings is 1. The molecule has 1 fully saturated rings. The lowest BCUT2D eigenvalue weighted by atomic mass is 9.97. The number of para-hydroxylation sites is 1. The van der Waals surface area contributed by atoms with Gasteiger partial charge in [0.2, 0.25) is 0 Å². The summed E-state index contributed by atoms with van der Waals surface area (Å²) in [4.78, 5) is 9.10. The smallest absolute Gasteiger partial charge is 0.135 e. The topological polar surface area (TPSA) is 63.8 Å². The van der Waals surface area contributed by atoms with Crippen molar-refractivity contribution in [3.63, 3.8) is 0 Å². The summed E-state index contributed by atoms with van der Waals surface area (Å²) in [7, 11) is 0. The van der Waals surface area contributed by atoms with Crippen LogP contribution in [-0.2, 0) is 0 Å². The number of fused-ring (bicyclic) bond motifs is 1. The summed E-state index contributed by atoms with van der Waals surface area (Å²) >= 11 is 0. The van der Waals surface area contributed by atoms with Gasteiger partial charge in [0, 0.05) is 11.3 Å². The molecule has 0 amide bonds. The van der Waals surface area contributed by atoms with Crippen LogP contribution in [0.25, 0.3) is 10.9 Å². The van der Waals surface area contributed by atoms with Crippen molar-refractivity contribution < 1.29 is 0 Å². The summed E-state index contributed by atoms with van der Waals surface area (Å²) in [5.41, 5.74) is 6.95. The van der Waals surface area contributed by atoms with E-state index in [1.54, 1.807) is 0 Å². The molecule has 1 aliphatic heterocycles. The van der Waals surface area contributed by atoms with Crippen molar-refractivity contribution in [1.82, 2.24) is 15.3 Å². The second kappa shape index (κ2) is 4.30. The lowest BCUT2D eigenvalue weighted by molar-refractivity contribution is 0.446. The van der Waals surface area contributed by atoms with Crippen molar-refractivity contribution in [2.75, 3.05) is 18.8 Å². The molecule has 0 saturated carbocycles. The second-order valence-corrected chi connectivity index (χ2v) is 4.51.